The number of hydrazine groups is 1. The first kappa shape index (κ1) is 10.7. The second-order valence-electron chi connectivity index (χ2n) is 3.61. The van der Waals surface area contributed by atoms with E-state index >= 15 is 0 Å². The monoisotopic (exact) mass is 226 g/mol. The number of hydrogen-bond acceptors (Lipinski definition) is 3. The van der Waals surface area contributed by atoms with E-state index in [2.05, 4.69) is 5.43 Å². The van der Waals surface area contributed by atoms with Gasteiger partial charge in [0.2, 0.25) is 0 Å². The van der Waals surface area contributed by atoms with Crippen LogP contribution in [0.3, 0.4) is 0 Å². The Bertz CT molecular complexity index is 307. The Morgan fingerprint density at radius 1 is 1.40 bits per heavy atom. The molecule has 1 heterocycles. The predicted octanol–water partition coefficient (Wildman–Crippen LogP) is 2.30. The van der Waals surface area contributed by atoms with Crippen molar-refractivity contribution in [3.8, 4) is 0 Å². The molecule has 2 rings (SSSR count). The number of para-hydroxylation sites is 1. The number of alkyl halides is 1. The maximum atomic E-state index is 6.23. The molecule has 1 aromatic rings. The second-order valence-corrected chi connectivity index (χ2v) is 4.05. The van der Waals surface area contributed by atoms with Crippen LogP contribution in [0.2, 0.25) is 0 Å². The highest BCUT2D eigenvalue weighted by molar-refractivity contribution is 6.21. The summed E-state index contributed by atoms with van der Waals surface area (Å²) in [5.74, 6) is 0. The largest absolute Gasteiger partial charge is 0.378 e. The number of anilines is 1. The van der Waals surface area contributed by atoms with E-state index in [1.165, 1.54) is 0 Å². The van der Waals surface area contributed by atoms with Gasteiger partial charge in [-0.05, 0) is 18.6 Å². The van der Waals surface area contributed by atoms with E-state index in [0.29, 0.717) is 0 Å². The lowest BCUT2D eigenvalue weighted by molar-refractivity contribution is 0.0984. The first-order valence-electron chi connectivity index (χ1n) is 5.06. The first-order valence-corrected chi connectivity index (χ1v) is 5.50. The third-order valence-electron chi connectivity index (χ3n) is 2.61. The zero-order chi connectivity index (χ0) is 10.7. The molecule has 1 aliphatic rings. The van der Waals surface area contributed by atoms with Crippen molar-refractivity contribution in [1.29, 1.82) is 0 Å². The standard InChI is InChI=1S/C11H15ClN2O/c1-15-10-7-8-14(11(10)12)13-9-5-3-2-4-6-9/h2-6,10-11,13H,7-8H2,1H3. The van der Waals surface area contributed by atoms with E-state index in [0.717, 1.165) is 18.7 Å². The van der Waals surface area contributed by atoms with E-state index in [1.807, 2.05) is 35.3 Å². The topological polar surface area (TPSA) is 24.5 Å². The van der Waals surface area contributed by atoms with E-state index < -0.39 is 0 Å². The zero-order valence-corrected chi connectivity index (χ0v) is 9.45. The van der Waals surface area contributed by atoms with Crippen LogP contribution in [-0.2, 0) is 4.74 Å². The molecule has 0 aromatic heterocycles. The highest BCUT2D eigenvalue weighted by Crippen LogP contribution is 2.24. The minimum Gasteiger partial charge on any atom is -0.378 e. The molecule has 82 valence electrons. The molecule has 15 heavy (non-hydrogen) atoms. The molecule has 2 unspecified atom stereocenters. The van der Waals surface area contributed by atoms with Gasteiger partial charge in [-0.1, -0.05) is 18.2 Å². The Hall–Kier alpha value is -0.770. The van der Waals surface area contributed by atoms with Gasteiger partial charge in [0, 0.05) is 19.3 Å². The predicted molar refractivity (Wildman–Crippen MR) is 61.8 cm³/mol. The molecule has 0 saturated carbocycles. The highest BCUT2D eigenvalue weighted by atomic mass is 35.5. The number of nitrogens with zero attached hydrogens (tertiary/aromatic N) is 1. The van der Waals surface area contributed by atoms with Crippen LogP contribution >= 0.6 is 11.6 Å². The second kappa shape index (κ2) is 4.84. The summed E-state index contributed by atoms with van der Waals surface area (Å²) in [6, 6.07) is 10.0. The normalized spacial score (nSPS) is 26.8. The molecule has 0 amide bonds. The molecular weight excluding hydrogens is 212 g/mol. The lowest BCUT2D eigenvalue weighted by atomic mass is 10.3. The summed E-state index contributed by atoms with van der Waals surface area (Å²) in [5, 5.41) is 2.01. The molecule has 3 nitrogen and oxygen atoms in total. The molecule has 0 radical (unpaired) electrons. The van der Waals surface area contributed by atoms with E-state index in [1.54, 1.807) is 7.11 Å². The Labute approximate surface area is 94.9 Å². The van der Waals surface area contributed by atoms with Crippen LogP contribution in [-0.4, -0.2) is 30.3 Å². The van der Waals surface area contributed by atoms with Gasteiger partial charge in [0.05, 0.1) is 6.10 Å². The van der Waals surface area contributed by atoms with Gasteiger partial charge in [-0.2, -0.15) is 0 Å². The molecule has 4 heteroatoms. The Balaban J connectivity index is 1.96. The van der Waals surface area contributed by atoms with Crippen LogP contribution in [0.5, 0.6) is 0 Å². The number of nitrogens with one attached hydrogen (secondary N) is 1. The Morgan fingerprint density at radius 3 is 2.73 bits per heavy atom. The number of benzene rings is 1. The number of halogens is 1. The lowest BCUT2D eigenvalue weighted by Crippen LogP contribution is -2.35. The van der Waals surface area contributed by atoms with Crippen LogP contribution in [0, 0.1) is 0 Å². The molecule has 0 bridgehead atoms. The fourth-order valence-corrected chi connectivity index (χ4v) is 2.13. The maximum Gasteiger partial charge on any atom is 0.129 e. The van der Waals surface area contributed by atoms with E-state index in [9.17, 15) is 0 Å². The van der Waals surface area contributed by atoms with Crippen LogP contribution in [0.15, 0.2) is 30.3 Å². The minimum absolute atomic E-state index is 0.102. The quantitative estimate of drug-likeness (QED) is 0.632. The van der Waals surface area contributed by atoms with Crippen LogP contribution in [0.4, 0.5) is 5.69 Å². The average molecular weight is 227 g/mol. The average Bonchev–Trinajstić information content (AvgIpc) is 2.62. The fourth-order valence-electron chi connectivity index (χ4n) is 1.75. The van der Waals surface area contributed by atoms with Crippen LogP contribution in [0.25, 0.3) is 0 Å². The van der Waals surface area contributed by atoms with E-state index in [4.69, 9.17) is 16.3 Å². The summed E-state index contributed by atoms with van der Waals surface area (Å²) in [6.07, 6.45) is 1.08. The summed E-state index contributed by atoms with van der Waals surface area (Å²) >= 11 is 6.23. The van der Waals surface area contributed by atoms with Crippen LogP contribution < -0.4 is 5.43 Å². The summed E-state index contributed by atoms with van der Waals surface area (Å²) in [5.41, 5.74) is 4.23. The van der Waals surface area contributed by atoms with Crippen molar-refractivity contribution in [1.82, 2.24) is 5.01 Å². The minimum atomic E-state index is -0.102. The molecule has 1 aromatic carbocycles. The first-order chi connectivity index (χ1) is 7.31. The molecule has 0 spiro atoms. The molecule has 1 saturated heterocycles. The lowest BCUT2D eigenvalue weighted by Gasteiger charge is -2.23. The van der Waals surface area contributed by atoms with Gasteiger partial charge in [0.25, 0.3) is 0 Å². The molecule has 1 aliphatic heterocycles. The van der Waals surface area contributed by atoms with Gasteiger partial charge in [-0.25, -0.2) is 5.01 Å². The molecule has 0 aliphatic carbocycles. The van der Waals surface area contributed by atoms with E-state index in [-0.39, 0.29) is 11.6 Å². The number of hydrogen-bond donors (Lipinski definition) is 1. The van der Waals surface area contributed by atoms with Crippen molar-refractivity contribution in [3.63, 3.8) is 0 Å². The number of ether oxygens (including phenoxy) is 1. The molecule has 1 N–H and O–H groups in total. The fraction of sp³-hybridized carbons (Fsp3) is 0.455. The van der Waals surface area contributed by atoms with Crippen molar-refractivity contribution >= 4 is 17.3 Å². The third kappa shape index (κ3) is 2.43. The molecule has 1 fully saturated rings. The summed E-state index contributed by atoms with van der Waals surface area (Å²) in [7, 11) is 1.70. The van der Waals surface area contributed by atoms with Crippen LogP contribution in [0.1, 0.15) is 6.42 Å². The third-order valence-corrected chi connectivity index (χ3v) is 3.12. The number of rotatable bonds is 3. The Kier molecular flexibility index (Phi) is 3.46. The maximum absolute atomic E-state index is 6.23. The smallest absolute Gasteiger partial charge is 0.129 e. The Morgan fingerprint density at radius 2 is 2.13 bits per heavy atom. The molecule has 2 atom stereocenters. The van der Waals surface area contributed by atoms with Crippen molar-refractivity contribution in [2.24, 2.45) is 0 Å². The van der Waals surface area contributed by atoms with Crippen molar-refractivity contribution < 1.29 is 4.74 Å². The van der Waals surface area contributed by atoms with Gasteiger partial charge in [0.15, 0.2) is 0 Å². The number of methoxy groups -OCH3 is 1. The van der Waals surface area contributed by atoms with Gasteiger partial charge < -0.3 is 10.2 Å². The summed E-state index contributed by atoms with van der Waals surface area (Å²) in [4.78, 5) is 0. The molecular formula is C11H15ClN2O. The zero-order valence-electron chi connectivity index (χ0n) is 8.69. The van der Waals surface area contributed by atoms with Crippen molar-refractivity contribution in [2.75, 3.05) is 19.1 Å². The summed E-state index contributed by atoms with van der Waals surface area (Å²) in [6.45, 7) is 0.904. The highest BCUT2D eigenvalue weighted by Gasteiger charge is 2.32. The SMILES string of the molecule is COC1CCN(Nc2ccccc2)C1Cl. The van der Waals surface area contributed by atoms with Crippen molar-refractivity contribution in [3.05, 3.63) is 30.3 Å². The van der Waals surface area contributed by atoms with Gasteiger partial charge in [0.1, 0.15) is 5.50 Å². The van der Waals surface area contributed by atoms with Gasteiger partial charge >= 0.3 is 0 Å². The van der Waals surface area contributed by atoms with Crippen molar-refractivity contribution in [2.45, 2.75) is 18.0 Å². The van der Waals surface area contributed by atoms with Gasteiger partial charge in [-0.15, -0.1) is 11.6 Å². The summed E-state index contributed by atoms with van der Waals surface area (Å²) < 4.78 is 5.28. The van der Waals surface area contributed by atoms with Gasteiger partial charge in [-0.3, -0.25) is 0 Å².